The van der Waals surface area contributed by atoms with E-state index in [0.717, 1.165) is 31.2 Å². The molecule has 0 radical (unpaired) electrons. The fourth-order valence-corrected chi connectivity index (χ4v) is 6.21. The summed E-state index contributed by atoms with van der Waals surface area (Å²) in [6, 6.07) is 7.62. The minimum Gasteiger partial charge on any atom is -0.195 e. The topological polar surface area (TPSA) is 40.6 Å². The first kappa shape index (κ1) is 22.4. The Morgan fingerprint density at radius 2 is 1.97 bits per heavy atom. The van der Waals surface area contributed by atoms with Crippen LogP contribution < -0.4 is 0 Å². The summed E-state index contributed by atoms with van der Waals surface area (Å²) in [5, 5.41) is 0.672. The molecule has 0 atom stereocenters. The molecule has 6 heteroatoms. The van der Waals surface area contributed by atoms with Crippen LogP contribution >= 0.6 is 11.6 Å². The van der Waals surface area contributed by atoms with Crippen LogP contribution in [0, 0.1) is 17.3 Å². The van der Waals surface area contributed by atoms with Gasteiger partial charge in [0.15, 0.2) is 0 Å². The minimum atomic E-state index is -3.44. The molecular weight excluding hydrogens is 404 g/mol. The maximum atomic E-state index is 13.2. The van der Waals surface area contributed by atoms with Crippen molar-refractivity contribution in [3.63, 3.8) is 0 Å². The molecule has 0 spiro atoms. The molecule has 1 heterocycles. The third-order valence-corrected chi connectivity index (χ3v) is 8.36. The second-order valence-corrected chi connectivity index (χ2v) is 11.2. The lowest BCUT2D eigenvalue weighted by Gasteiger charge is -2.42. The lowest BCUT2D eigenvalue weighted by Crippen LogP contribution is -2.52. The molecular formula is C23H31ClN2O2S. The molecule has 0 amide bonds. The van der Waals surface area contributed by atoms with Gasteiger partial charge in [-0.2, -0.15) is 17.0 Å². The molecule has 1 saturated carbocycles. The molecule has 2 aliphatic rings. The van der Waals surface area contributed by atoms with Crippen molar-refractivity contribution >= 4 is 21.8 Å². The van der Waals surface area contributed by atoms with Gasteiger partial charge in [0.2, 0.25) is 0 Å². The van der Waals surface area contributed by atoms with E-state index in [1.165, 1.54) is 12.0 Å². The number of hydrogen-bond acceptors (Lipinski definition) is 2. The molecule has 1 aliphatic carbocycles. The van der Waals surface area contributed by atoms with Crippen LogP contribution in [0.4, 0.5) is 0 Å². The fourth-order valence-electron chi connectivity index (χ4n) is 4.26. The first-order valence-electron chi connectivity index (χ1n) is 10.4. The van der Waals surface area contributed by atoms with Crippen molar-refractivity contribution in [3.8, 4) is 11.8 Å². The lowest BCUT2D eigenvalue weighted by atomic mass is 9.79. The molecule has 0 bridgehead atoms. The molecule has 1 aromatic carbocycles. The van der Waals surface area contributed by atoms with E-state index in [-0.39, 0.29) is 11.5 Å². The van der Waals surface area contributed by atoms with Crippen molar-refractivity contribution in [2.45, 2.75) is 58.4 Å². The number of halogens is 1. The predicted octanol–water partition coefficient (Wildman–Crippen LogP) is 4.86. The molecule has 1 aromatic rings. The Labute approximate surface area is 181 Å². The second kappa shape index (κ2) is 9.22. The van der Waals surface area contributed by atoms with Gasteiger partial charge in [-0.15, -0.1) is 0 Å². The van der Waals surface area contributed by atoms with Crippen LogP contribution in [0.1, 0.15) is 57.9 Å². The SMILES string of the molecule is CN(C1CCCCC1)S(=O)(=O)N1CC/C(=C\C#Cc2cccc(Cl)c2)C(C)(C)C1. The zero-order valence-corrected chi connectivity index (χ0v) is 19.2. The molecule has 2 fully saturated rings. The zero-order valence-electron chi connectivity index (χ0n) is 17.6. The van der Waals surface area contributed by atoms with E-state index in [0.29, 0.717) is 24.5 Å². The minimum absolute atomic E-state index is 0.136. The summed E-state index contributed by atoms with van der Waals surface area (Å²) >= 11 is 6.01. The molecule has 1 saturated heterocycles. The molecule has 0 N–H and O–H groups in total. The molecule has 29 heavy (non-hydrogen) atoms. The number of benzene rings is 1. The van der Waals surface area contributed by atoms with Crippen molar-refractivity contribution in [2.24, 2.45) is 5.41 Å². The number of nitrogens with zero attached hydrogens (tertiary/aromatic N) is 2. The molecule has 4 nitrogen and oxygen atoms in total. The monoisotopic (exact) mass is 434 g/mol. The van der Waals surface area contributed by atoms with E-state index in [1.807, 2.05) is 30.3 Å². The lowest BCUT2D eigenvalue weighted by molar-refractivity contribution is 0.219. The summed E-state index contributed by atoms with van der Waals surface area (Å²) in [6.07, 6.45) is 8.05. The van der Waals surface area contributed by atoms with Crippen molar-refractivity contribution in [1.29, 1.82) is 0 Å². The molecule has 3 rings (SSSR count). The van der Waals surface area contributed by atoms with Crippen LogP contribution in [0.5, 0.6) is 0 Å². The van der Waals surface area contributed by atoms with Crippen LogP contribution in [-0.2, 0) is 10.2 Å². The summed E-state index contributed by atoms with van der Waals surface area (Å²) < 4.78 is 29.7. The van der Waals surface area contributed by atoms with E-state index in [9.17, 15) is 8.42 Å². The zero-order chi connectivity index (χ0) is 21.1. The Hall–Kier alpha value is -1.32. The second-order valence-electron chi connectivity index (χ2n) is 8.73. The van der Waals surface area contributed by atoms with Crippen LogP contribution in [0.15, 0.2) is 35.9 Å². The highest BCUT2D eigenvalue weighted by Gasteiger charge is 2.39. The highest BCUT2D eigenvalue weighted by atomic mass is 35.5. The number of rotatable bonds is 3. The quantitative estimate of drug-likeness (QED) is 0.637. The van der Waals surface area contributed by atoms with E-state index in [2.05, 4.69) is 25.7 Å². The standard InChI is InChI=1S/C23H31ClN2O2S/c1-23(2)18-26(29(27,28)25(3)22-13-5-4-6-14-22)16-15-20(23)11-7-9-19-10-8-12-21(24)17-19/h8,10-12,17,22H,4-6,13-16,18H2,1-3H3/b20-11+. The summed E-state index contributed by atoms with van der Waals surface area (Å²) in [7, 11) is -1.69. The predicted molar refractivity (Wildman–Crippen MR) is 120 cm³/mol. The smallest absolute Gasteiger partial charge is 0.195 e. The van der Waals surface area contributed by atoms with Crippen molar-refractivity contribution in [2.75, 3.05) is 20.1 Å². The Morgan fingerprint density at radius 1 is 1.24 bits per heavy atom. The van der Waals surface area contributed by atoms with Gasteiger partial charge in [-0.3, -0.25) is 0 Å². The number of hydrogen-bond donors (Lipinski definition) is 0. The first-order valence-corrected chi connectivity index (χ1v) is 12.2. The van der Waals surface area contributed by atoms with Gasteiger partial charge in [0.1, 0.15) is 0 Å². The Balaban J connectivity index is 1.71. The molecule has 0 aromatic heterocycles. The Bertz CT molecular complexity index is 922. The van der Waals surface area contributed by atoms with Gasteiger partial charge in [0.25, 0.3) is 10.2 Å². The molecule has 1 aliphatic heterocycles. The number of piperidine rings is 1. The van der Waals surface area contributed by atoms with Crippen molar-refractivity contribution in [3.05, 3.63) is 46.5 Å². The van der Waals surface area contributed by atoms with Gasteiger partial charge in [-0.25, -0.2) is 0 Å². The average molecular weight is 435 g/mol. The highest BCUT2D eigenvalue weighted by molar-refractivity contribution is 7.86. The largest absolute Gasteiger partial charge is 0.282 e. The van der Waals surface area contributed by atoms with Crippen LogP contribution in [0.25, 0.3) is 0 Å². The van der Waals surface area contributed by atoms with Crippen molar-refractivity contribution in [1.82, 2.24) is 8.61 Å². The maximum absolute atomic E-state index is 13.2. The van der Waals surface area contributed by atoms with Crippen LogP contribution in [0.3, 0.4) is 0 Å². The van der Waals surface area contributed by atoms with Crippen LogP contribution in [-0.4, -0.2) is 43.2 Å². The van der Waals surface area contributed by atoms with Gasteiger partial charge in [0, 0.05) is 42.2 Å². The fraction of sp³-hybridized carbons (Fsp3) is 0.565. The van der Waals surface area contributed by atoms with Gasteiger partial charge < -0.3 is 0 Å². The third-order valence-electron chi connectivity index (χ3n) is 6.14. The van der Waals surface area contributed by atoms with Gasteiger partial charge in [-0.1, -0.05) is 68.2 Å². The van der Waals surface area contributed by atoms with E-state index in [4.69, 9.17) is 11.6 Å². The Morgan fingerprint density at radius 3 is 2.62 bits per heavy atom. The van der Waals surface area contributed by atoms with Gasteiger partial charge in [0.05, 0.1) is 0 Å². The number of allylic oxidation sites excluding steroid dienone is 1. The normalized spacial score (nSPS) is 22.4. The summed E-state index contributed by atoms with van der Waals surface area (Å²) in [5.74, 6) is 6.26. The maximum Gasteiger partial charge on any atom is 0.282 e. The summed E-state index contributed by atoms with van der Waals surface area (Å²) in [6.45, 7) is 5.19. The van der Waals surface area contributed by atoms with E-state index >= 15 is 0 Å². The van der Waals surface area contributed by atoms with E-state index in [1.54, 1.807) is 15.7 Å². The Kier molecular flexibility index (Phi) is 7.11. The first-order chi connectivity index (χ1) is 13.7. The molecule has 158 valence electrons. The summed E-state index contributed by atoms with van der Waals surface area (Å²) in [5.41, 5.74) is 1.82. The van der Waals surface area contributed by atoms with Crippen LogP contribution in [0.2, 0.25) is 5.02 Å². The summed E-state index contributed by atoms with van der Waals surface area (Å²) in [4.78, 5) is 0. The molecule has 0 unspecified atom stereocenters. The average Bonchev–Trinajstić information content (AvgIpc) is 2.69. The van der Waals surface area contributed by atoms with Crippen molar-refractivity contribution < 1.29 is 8.42 Å². The van der Waals surface area contributed by atoms with Gasteiger partial charge in [-0.05, 0) is 43.5 Å². The highest BCUT2D eigenvalue weighted by Crippen LogP contribution is 2.36. The van der Waals surface area contributed by atoms with E-state index < -0.39 is 10.2 Å². The van der Waals surface area contributed by atoms with Gasteiger partial charge >= 0.3 is 0 Å². The third kappa shape index (κ3) is 5.44.